The minimum atomic E-state index is -0.187. The quantitative estimate of drug-likeness (QED) is 0.834. The van der Waals surface area contributed by atoms with Gasteiger partial charge < -0.3 is 9.84 Å². The number of pyridine rings is 1. The lowest BCUT2D eigenvalue weighted by molar-refractivity contribution is -0.0101. The molecular formula is C13H13NO2. The van der Waals surface area contributed by atoms with Crippen molar-refractivity contribution < 1.29 is 9.84 Å². The Labute approximate surface area is 93.7 Å². The molecule has 0 atom stereocenters. The molecule has 3 heteroatoms. The van der Waals surface area contributed by atoms with Crippen LogP contribution in [0.5, 0.6) is 5.75 Å². The molecule has 1 saturated carbocycles. The van der Waals surface area contributed by atoms with Crippen molar-refractivity contribution in [2.45, 2.75) is 25.0 Å². The largest absolute Gasteiger partial charge is 0.488 e. The van der Waals surface area contributed by atoms with Crippen LogP contribution in [0, 0.1) is 0 Å². The highest BCUT2D eigenvalue weighted by molar-refractivity contribution is 5.84. The lowest BCUT2D eigenvalue weighted by Gasteiger charge is -2.31. The Balaban J connectivity index is 1.91. The van der Waals surface area contributed by atoms with Crippen LogP contribution in [0.1, 0.15) is 12.8 Å². The van der Waals surface area contributed by atoms with Crippen molar-refractivity contribution in [3.8, 4) is 5.75 Å². The van der Waals surface area contributed by atoms with E-state index in [1.54, 1.807) is 6.20 Å². The van der Waals surface area contributed by atoms with Crippen LogP contribution < -0.4 is 4.74 Å². The smallest absolute Gasteiger partial charge is 0.145 e. The second-order valence-electron chi connectivity index (χ2n) is 4.20. The molecule has 3 nitrogen and oxygen atoms in total. The van der Waals surface area contributed by atoms with Gasteiger partial charge in [-0.1, -0.05) is 18.2 Å². The highest BCUT2D eigenvalue weighted by Gasteiger charge is 2.29. The summed E-state index contributed by atoms with van der Waals surface area (Å²) < 4.78 is 5.81. The van der Waals surface area contributed by atoms with Gasteiger partial charge in [-0.05, 0) is 12.1 Å². The number of fused-ring (bicyclic) bond motifs is 1. The van der Waals surface area contributed by atoms with Crippen LogP contribution in [-0.2, 0) is 0 Å². The molecule has 2 aromatic rings. The van der Waals surface area contributed by atoms with Crippen LogP contribution >= 0.6 is 0 Å². The fraction of sp³-hybridized carbons (Fsp3) is 0.308. The van der Waals surface area contributed by atoms with Crippen molar-refractivity contribution >= 4 is 10.9 Å². The number of hydrogen-bond acceptors (Lipinski definition) is 3. The maximum atomic E-state index is 9.21. The first kappa shape index (κ1) is 9.60. The summed E-state index contributed by atoms with van der Waals surface area (Å²) in [5.74, 6) is 0.815. The number of ether oxygens (including phenoxy) is 1. The summed E-state index contributed by atoms with van der Waals surface area (Å²) in [4.78, 5) is 4.32. The van der Waals surface area contributed by atoms with Gasteiger partial charge in [-0.3, -0.25) is 4.98 Å². The third kappa shape index (κ3) is 1.63. The van der Waals surface area contributed by atoms with Gasteiger partial charge in [0.15, 0.2) is 0 Å². The third-order valence-corrected chi connectivity index (χ3v) is 2.96. The minimum absolute atomic E-state index is 0.141. The number of hydrogen-bond donors (Lipinski definition) is 1. The van der Waals surface area contributed by atoms with E-state index in [4.69, 9.17) is 4.74 Å². The SMILES string of the molecule is OC1CC(Oc2cccc3cccnc23)C1. The van der Waals surface area contributed by atoms with Crippen molar-refractivity contribution in [3.05, 3.63) is 36.5 Å². The van der Waals surface area contributed by atoms with E-state index >= 15 is 0 Å². The Kier molecular flexibility index (Phi) is 2.26. The molecule has 16 heavy (non-hydrogen) atoms. The fourth-order valence-corrected chi connectivity index (χ4v) is 1.98. The first-order valence-corrected chi connectivity index (χ1v) is 5.51. The molecule has 1 N–H and O–H groups in total. The molecule has 1 aliphatic carbocycles. The number of para-hydroxylation sites is 1. The predicted octanol–water partition coefficient (Wildman–Crippen LogP) is 2.14. The van der Waals surface area contributed by atoms with E-state index in [0.29, 0.717) is 0 Å². The third-order valence-electron chi connectivity index (χ3n) is 2.96. The molecule has 0 saturated heterocycles. The topological polar surface area (TPSA) is 42.4 Å². The van der Waals surface area contributed by atoms with Gasteiger partial charge in [0, 0.05) is 24.4 Å². The van der Waals surface area contributed by atoms with Gasteiger partial charge in [0.2, 0.25) is 0 Å². The van der Waals surface area contributed by atoms with Gasteiger partial charge in [0.25, 0.3) is 0 Å². The molecule has 3 rings (SSSR count). The predicted molar refractivity (Wildman–Crippen MR) is 61.4 cm³/mol. The summed E-state index contributed by atoms with van der Waals surface area (Å²) >= 11 is 0. The Hall–Kier alpha value is -1.61. The molecule has 1 heterocycles. The van der Waals surface area contributed by atoms with Gasteiger partial charge in [-0.25, -0.2) is 0 Å². The van der Waals surface area contributed by atoms with E-state index in [9.17, 15) is 5.11 Å². The molecule has 0 spiro atoms. The molecular weight excluding hydrogens is 202 g/mol. The standard InChI is InChI=1S/C13H13NO2/c15-10-7-11(8-10)16-12-5-1-3-9-4-2-6-14-13(9)12/h1-6,10-11,15H,7-8H2. The van der Waals surface area contributed by atoms with Crippen molar-refractivity contribution in [3.63, 3.8) is 0 Å². The molecule has 82 valence electrons. The summed E-state index contributed by atoms with van der Waals surface area (Å²) in [6.07, 6.45) is 3.17. The first-order chi connectivity index (χ1) is 7.83. The second kappa shape index (κ2) is 3.76. The van der Waals surface area contributed by atoms with Crippen molar-refractivity contribution in [2.75, 3.05) is 0 Å². The number of benzene rings is 1. The van der Waals surface area contributed by atoms with Crippen molar-refractivity contribution in [1.29, 1.82) is 0 Å². The Morgan fingerprint density at radius 2 is 2.00 bits per heavy atom. The molecule has 0 amide bonds. The summed E-state index contributed by atoms with van der Waals surface area (Å²) in [6, 6.07) is 9.85. The average molecular weight is 215 g/mol. The first-order valence-electron chi connectivity index (χ1n) is 5.51. The van der Waals surface area contributed by atoms with Crippen LogP contribution in [0.3, 0.4) is 0 Å². The zero-order chi connectivity index (χ0) is 11.0. The van der Waals surface area contributed by atoms with Crippen LogP contribution in [0.25, 0.3) is 10.9 Å². The molecule has 1 aromatic heterocycles. The van der Waals surface area contributed by atoms with E-state index in [-0.39, 0.29) is 12.2 Å². The number of nitrogens with zero attached hydrogens (tertiary/aromatic N) is 1. The van der Waals surface area contributed by atoms with Crippen LogP contribution in [0.15, 0.2) is 36.5 Å². The molecule has 0 aliphatic heterocycles. The summed E-state index contributed by atoms with van der Waals surface area (Å²) in [6.45, 7) is 0. The second-order valence-corrected chi connectivity index (χ2v) is 4.20. The van der Waals surface area contributed by atoms with Gasteiger partial charge in [-0.2, -0.15) is 0 Å². The van der Waals surface area contributed by atoms with Crippen LogP contribution in [0.4, 0.5) is 0 Å². The Bertz CT molecular complexity index is 501. The number of aliphatic hydroxyl groups is 1. The molecule has 0 radical (unpaired) electrons. The molecule has 1 fully saturated rings. The highest BCUT2D eigenvalue weighted by Crippen LogP contribution is 2.29. The number of aliphatic hydroxyl groups excluding tert-OH is 1. The fourth-order valence-electron chi connectivity index (χ4n) is 1.98. The zero-order valence-electron chi connectivity index (χ0n) is 8.84. The highest BCUT2D eigenvalue weighted by atomic mass is 16.5. The van der Waals surface area contributed by atoms with Crippen LogP contribution in [-0.4, -0.2) is 22.3 Å². The summed E-state index contributed by atoms with van der Waals surface area (Å²) in [7, 11) is 0. The van der Waals surface area contributed by atoms with Gasteiger partial charge >= 0.3 is 0 Å². The van der Waals surface area contributed by atoms with Gasteiger partial charge in [0.1, 0.15) is 17.4 Å². The monoisotopic (exact) mass is 215 g/mol. The molecule has 0 bridgehead atoms. The molecule has 1 aromatic carbocycles. The summed E-state index contributed by atoms with van der Waals surface area (Å²) in [5, 5.41) is 10.3. The Morgan fingerprint density at radius 1 is 1.19 bits per heavy atom. The van der Waals surface area contributed by atoms with Gasteiger partial charge in [0.05, 0.1) is 6.10 Å². The lowest BCUT2D eigenvalue weighted by atomic mass is 9.92. The van der Waals surface area contributed by atoms with Crippen molar-refractivity contribution in [2.24, 2.45) is 0 Å². The number of aromatic nitrogens is 1. The summed E-state index contributed by atoms with van der Waals surface area (Å²) in [5.41, 5.74) is 0.895. The van der Waals surface area contributed by atoms with Crippen LogP contribution in [0.2, 0.25) is 0 Å². The molecule has 0 unspecified atom stereocenters. The lowest BCUT2D eigenvalue weighted by Crippen LogP contribution is -2.37. The minimum Gasteiger partial charge on any atom is -0.488 e. The maximum absolute atomic E-state index is 9.21. The zero-order valence-corrected chi connectivity index (χ0v) is 8.84. The van der Waals surface area contributed by atoms with Crippen molar-refractivity contribution in [1.82, 2.24) is 4.98 Å². The Morgan fingerprint density at radius 3 is 2.81 bits per heavy atom. The van der Waals surface area contributed by atoms with E-state index in [1.165, 1.54) is 0 Å². The number of rotatable bonds is 2. The normalized spacial score (nSPS) is 24.1. The van der Waals surface area contributed by atoms with E-state index in [0.717, 1.165) is 29.5 Å². The molecule has 1 aliphatic rings. The van der Waals surface area contributed by atoms with E-state index in [2.05, 4.69) is 4.98 Å². The maximum Gasteiger partial charge on any atom is 0.145 e. The van der Waals surface area contributed by atoms with Gasteiger partial charge in [-0.15, -0.1) is 0 Å². The van der Waals surface area contributed by atoms with E-state index in [1.807, 2.05) is 30.3 Å². The van der Waals surface area contributed by atoms with E-state index < -0.39 is 0 Å². The average Bonchev–Trinajstić information content (AvgIpc) is 2.27.